The summed E-state index contributed by atoms with van der Waals surface area (Å²) in [6.45, 7) is 2.78. The number of aliphatic imine (C=N–C) groups is 2. The summed E-state index contributed by atoms with van der Waals surface area (Å²) in [7, 11) is 0. The molecule has 1 unspecified atom stereocenters. The smallest absolute Gasteiger partial charge is 0.274 e. The fraction of sp³-hybridized carbons (Fsp3) is 0.300. The van der Waals surface area contributed by atoms with E-state index in [0.29, 0.717) is 12.8 Å². The van der Waals surface area contributed by atoms with Gasteiger partial charge in [-0.3, -0.25) is 14.8 Å². The van der Waals surface area contributed by atoms with Crippen molar-refractivity contribution in [2.45, 2.75) is 31.7 Å². The molecule has 1 aromatic heterocycles. The molecule has 0 bridgehead atoms. The third-order valence-electron chi connectivity index (χ3n) is 4.97. The molecule has 0 aromatic carbocycles. The van der Waals surface area contributed by atoms with Crippen LogP contribution in [-0.2, 0) is 11.2 Å². The van der Waals surface area contributed by atoms with Crippen LogP contribution in [0.15, 0.2) is 70.1 Å². The summed E-state index contributed by atoms with van der Waals surface area (Å²) in [5.74, 6) is 0.702. The van der Waals surface area contributed by atoms with Crippen molar-refractivity contribution in [2.24, 2.45) is 9.98 Å². The molecule has 4 heterocycles. The van der Waals surface area contributed by atoms with Crippen LogP contribution < -0.4 is 0 Å². The summed E-state index contributed by atoms with van der Waals surface area (Å²) in [4.78, 5) is 28.0. The number of hydrogen-bond acceptors (Lipinski definition) is 4. The van der Waals surface area contributed by atoms with Crippen molar-refractivity contribution in [2.75, 3.05) is 6.54 Å². The Morgan fingerprint density at radius 1 is 1.20 bits per heavy atom. The third-order valence-corrected chi connectivity index (χ3v) is 4.97. The molecule has 25 heavy (non-hydrogen) atoms. The Kier molecular flexibility index (Phi) is 3.92. The molecule has 1 amide bonds. The third kappa shape index (κ3) is 2.76. The predicted octanol–water partition coefficient (Wildman–Crippen LogP) is 2.87. The molecule has 0 aliphatic carbocycles. The highest BCUT2D eigenvalue weighted by Crippen LogP contribution is 2.38. The first kappa shape index (κ1) is 15.7. The van der Waals surface area contributed by atoms with Crippen LogP contribution in [0.1, 0.15) is 25.3 Å². The molecule has 1 atom stereocenters. The van der Waals surface area contributed by atoms with Crippen LogP contribution in [0.4, 0.5) is 0 Å². The lowest BCUT2D eigenvalue weighted by atomic mass is 9.81. The maximum atomic E-state index is 13.1. The molecule has 0 saturated heterocycles. The lowest BCUT2D eigenvalue weighted by molar-refractivity contribution is -0.124. The lowest BCUT2D eigenvalue weighted by Crippen LogP contribution is -2.51. The molecular formula is C20H20N4O. The van der Waals surface area contributed by atoms with E-state index < -0.39 is 5.54 Å². The fourth-order valence-electron chi connectivity index (χ4n) is 3.67. The highest BCUT2D eigenvalue weighted by atomic mass is 16.2. The van der Waals surface area contributed by atoms with Crippen LogP contribution in [0, 0.1) is 0 Å². The van der Waals surface area contributed by atoms with Crippen molar-refractivity contribution >= 4 is 18.0 Å². The number of rotatable bonds is 4. The predicted molar refractivity (Wildman–Crippen MR) is 98.5 cm³/mol. The first-order valence-electron chi connectivity index (χ1n) is 8.54. The second-order valence-electron chi connectivity index (χ2n) is 6.67. The van der Waals surface area contributed by atoms with E-state index in [2.05, 4.69) is 19.9 Å². The standard InChI is InChI=1S/C20H20N4O/c1-15-3-2-12-24-18(15)23-19(25)20(24,13-16-4-8-21-9-5-16)14-17-6-10-22-11-7-17/h2-6,8-10,12H,7,11,13-14H2,1H3. The van der Waals surface area contributed by atoms with E-state index in [1.165, 1.54) is 5.57 Å². The Hall–Kier alpha value is -2.82. The highest BCUT2D eigenvalue weighted by Gasteiger charge is 2.50. The van der Waals surface area contributed by atoms with Crippen LogP contribution in [0.25, 0.3) is 0 Å². The summed E-state index contributed by atoms with van der Waals surface area (Å²) in [5, 5.41) is 0. The molecule has 126 valence electrons. The van der Waals surface area contributed by atoms with Crippen LogP contribution >= 0.6 is 0 Å². The van der Waals surface area contributed by atoms with E-state index in [1.807, 2.05) is 49.7 Å². The number of amidine groups is 1. The number of dihydropyridines is 1. The normalized spacial score (nSPS) is 24.8. The van der Waals surface area contributed by atoms with Gasteiger partial charge in [-0.2, -0.15) is 4.99 Å². The average Bonchev–Trinajstić information content (AvgIpc) is 2.90. The molecule has 0 N–H and O–H groups in total. The largest absolute Gasteiger partial charge is 0.317 e. The van der Waals surface area contributed by atoms with Gasteiger partial charge in [-0.1, -0.05) is 11.6 Å². The fourth-order valence-corrected chi connectivity index (χ4v) is 3.67. The van der Waals surface area contributed by atoms with Crippen LogP contribution in [0.2, 0.25) is 0 Å². The SMILES string of the molecule is CC1=CC=CN2C1=NC(=O)C2(CC1=CC=NCC1)Cc1ccncc1. The summed E-state index contributed by atoms with van der Waals surface area (Å²) >= 11 is 0. The van der Waals surface area contributed by atoms with Gasteiger partial charge < -0.3 is 4.90 Å². The van der Waals surface area contributed by atoms with E-state index in [9.17, 15) is 4.79 Å². The van der Waals surface area contributed by atoms with E-state index >= 15 is 0 Å². The van der Waals surface area contributed by atoms with Gasteiger partial charge in [-0.25, -0.2) is 0 Å². The van der Waals surface area contributed by atoms with E-state index in [1.54, 1.807) is 12.4 Å². The monoisotopic (exact) mass is 332 g/mol. The van der Waals surface area contributed by atoms with Crippen molar-refractivity contribution in [3.05, 3.63) is 65.7 Å². The quantitative estimate of drug-likeness (QED) is 0.852. The molecule has 0 spiro atoms. The molecule has 4 rings (SSSR count). The van der Waals surface area contributed by atoms with Gasteiger partial charge in [0.2, 0.25) is 0 Å². The van der Waals surface area contributed by atoms with Gasteiger partial charge >= 0.3 is 0 Å². The van der Waals surface area contributed by atoms with Gasteiger partial charge in [0.1, 0.15) is 11.4 Å². The molecule has 3 aliphatic heterocycles. The summed E-state index contributed by atoms with van der Waals surface area (Å²) in [5.41, 5.74) is 2.64. The number of fused-ring (bicyclic) bond motifs is 1. The van der Waals surface area contributed by atoms with E-state index in [4.69, 9.17) is 0 Å². The second kappa shape index (κ2) is 6.24. The number of hydrogen-bond donors (Lipinski definition) is 0. The number of aromatic nitrogens is 1. The van der Waals surface area contributed by atoms with Gasteiger partial charge in [-0.15, -0.1) is 0 Å². The Balaban J connectivity index is 1.75. The molecule has 1 aromatic rings. The van der Waals surface area contributed by atoms with Crippen molar-refractivity contribution in [1.82, 2.24) is 9.88 Å². The van der Waals surface area contributed by atoms with E-state index in [0.717, 1.165) is 29.9 Å². The summed E-state index contributed by atoms with van der Waals surface area (Å²) in [6.07, 6.45) is 15.6. The van der Waals surface area contributed by atoms with E-state index in [-0.39, 0.29) is 5.91 Å². The zero-order chi connectivity index (χ0) is 17.3. The summed E-state index contributed by atoms with van der Waals surface area (Å²) < 4.78 is 0. The van der Waals surface area contributed by atoms with Crippen molar-refractivity contribution in [1.29, 1.82) is 0 Å². The van der Waals surface area contributed by atoms with Gasteiger partial charge in [0.25, 0.3) is 5.91 Å². The molecule has 0 fully saturated rings. The second-order valence-corrected chi connectivity index (χ2v) is 6.67. The summed E-state index contributed by atoms with van der Waals surface area (Å²) in [6, 6.07) is 3.94. The number of nitrogens with zero attached hydrogens (tertiary/aromatic N) is 4. The molecule has 0 saturated carbocycles. The first-order valence-corrected chi connectivity index (χ1v) is 8.54. The lowest BCUT2D eigenvalue weighted by Gasteiger charge is -2.38. The first-order chi connectivity index (χ1) is 12.2. The van der Waals surface area contributed by atoms with Crippen molar-refractivity contribution in [3.63, 3.8) is 0 Å². The van der Waals surface area contributed by atoms with Crippen molar-refractivity contribution < 1.29 is 4.79 Å². The van der Waals surface area contributed by atoms with Gasteiger partial charge in [0, 0.05) is 44.2 Å². The highest BCUT2D eigenvalue weighted by molar-refractivity contribution is 6.14. The topological polar surface area (TPSA) is 57.9 Å². The van der Waals surface area contributed by atoms with Gasteiger partial charge in [0.15, 0.2) is 0 Å². The minimum atomic E-state index is -0.709. The zero-order valence-corrected chi connectivity index (χ0v) is 14.2. The molecule has 5 heteroatoms. The molecule has 5 nitrogen and oxygen atoms in total. The minimum Gasteiger partial charge on any atom is -0.317 e. The average molecular weight is 332 g/mol. The maximum Gasteiger partial charge on any atom is 0.274 e. The van der Waals surface area contributed by atoms with Crippen LogP contribution in [0.5, 0.6) is 0 Å². The van der Waals surface area contributed by atoms with Crippen LogP contribution in [0.3, 0.4) is 0 Å². The minimum absolute atomic E-state index is 0.0676. The number of carbonyl (C=O) groups is 1. The van der Waals surface area contributed by atoms with Crippen LogP contribution in [-0.4, -0.2) is 39.9 Å². The number of pyridine rings is 1. The Morgan fingerprint density at radius 3 is 2.80 bits per heavy atom. The van der Waals surface area contributed by atoms with Gasteiger partial charge in [-0.05, 0) is 48.8 Å². The molecule has 0 radical (unpaired) electrons. The number of amides is 1. The Labute approximate surface area is 147 Å². The number of carbonyl (C=O) groups excluding carboxylic acids is 1. The maximum absolute atomic E-state index is 13.1. The molecule has 3 aliphatic rings. The molecular weight excluding hydrogens is 312 g/mol. The zero-order valence-electron chi connectivity index (χ0n) is 14.2. The Morgan fingerprint density at radius 2 is 2.04 bits per heavy atom. The van der Waals surface area contributed by atoms with Crippen molar-refractivity contribution in [3.8, 4) is 0 Å². The Bertz CT molecular complexity index is 848. The number of allylic oxidation sites excluding steroid dienone is 3. The van der Waals surface area contributed by atoms with Gasteiger partial charge in [0.05, 0.1) is 0 Å².